The Balaban J connectivity index is 3.01. The molecule has 0 atom stereocenters. The highest BCUT2D eigenvalue weighted by molar-refractivity contribution is 5.95. The van der Waals surface area contributed by atoms with Crippen LogP contribution in [-0.4, -0.2) is 5.78 Å². The van der Waals surface area contributed by atoms with Gasteiger partial charge in [0.2, 0.25) is 0 Å². The summed E-state index contributed by atoms with van der Waals surface area (Å²) in [5.74, 6) is 0.230. The predicted octanol–water partition coefficient (Wildman–Crippen LogP) is 2.49. The summed E-state index contributed by atoms with van der Waals surface area (Å²) in [5.41, 5.74) is 2.14. The molecule has 0 saturated heterocycles. The number of rotatable bonds is 1. The van der Waals surface area contributed by atoms with Crippen LogP contribution >= 0.6 is 0 Å². The third kappa shape index (κ3) is 1.42. The highest BCUT2D eigenvalue weighted by Crippen LogP contribution is 2.39. The van der Waals surface area contributed by atoms with Gasteiger partial charge in [0.25, 0.3) is 0 Å². The summed E-state index contributed by atoms with van der Waals surface area (Å²) in [6.07, 6.45) is 2.36. The Kier molecular flexibility index (Phi) is 1.75. The molecule has 0 aromatic carbocycles. The molecule has 0 spiro atoms. The zero-order valence-corrected chi connectivity index (χ0v) is 7.40. The number of hydrogen-bond donors (Lipinski definition) is 0. The molecule has 1 nitrogen and oxygen atoms in total. The van der Waals surface area contributed by atoms with E-state index in [-0.39, 0.29) is 11.2 Å². The molecular formula is C10H14O. The molecule has 0 saturated carbocycles. The first-order valence-electron chi connectivity index (χ1n) is 3.84. The van der Waals surface area contributed by atoms with Gasteiger partial charge < -0.3 is 0 Å². The molecule has 1 heteroatoms. The van der Waals surface area contributed by atoms with Crippen LogP contribution in [-0.2, 0) is 4.79 Å². The van der Waals surface area contributed by atoms with Gasteiger partial charge in [-0.2, -0.15) is 0 Å². The summed E-state index contributed by atoms with van der Waals surface area (Å²) in [5, 5.41) is 0. The van der Waals surface area contributed by atoms with Crippen molar-refractivity contribution in [3.05, 3.63) is 23.8 Å². The Morgan fingerprint density at radius 1 is 1.64 bits per heavy atom. The Morgan fingerprint density at radius 2 is 2.18 bits per heavy atom. The van der Waals surface area contributed by atoms with Gasteiger partial charge in [0.1, 0.15) is 0 Å². The topological polar surface area (TPSA) is 17.1 Å². The third-order valence-electron chi connectivity index (χ3n) is 2.11. The maximum atomic E-state index is 11.1. The smallest absolute Gasteiger partial charge is 0.156 e. The Labute approximate surface area is 67.8 Å². The van der Waals surface area contributed by atoms with E-state index in [9.17, 15) is 4.79 Å². The summed E-state index contributed by atoms with van der Waals surface area (Å²) in [6.45, 7) is 9.96. The second-order valence-corrected chi connectivity index (χ2v) is 3.87. The van der Waals surface area contributed by atoms with Crippen LogP contribution in [0, 0.1) is 5.41 Å². The highest BCUT2D eigenvalue weighted by Gasteiger charge is 2.31. The molecule has 60 valence electrons. The van der Waals surface area contributed by atoms with Gasteiger partial charge in [-0.25, -0.2) is 0 Å². The molecule has 11 heavy (non-hydrogen) atoms. The van der Waals surface area contributed by atoms with Gasteiger partial charge in [-0.05, 0) is 24.0 Å². The molecule has 1 aliphatic carbocycles. The minimum absolute atomic E-state index is 0.0168. The first-order chi connectivity index (χ1) is 4.93. The second-order valence-electron chi connectivity index (χ2n) is 3.87. The lowest BCUT2D eigenvalue weighted by Gasteiger charge is -2.21. The van der Waals surface area contributed by atoms with E-state index < -0.39 is 0 Å². The van der Waals surface area contributed by atoms with E-state index in [0.717, 1.165) is 11.1 Å². The van der Waals surface area contributed by atoms with Gasteiger partial charge in [0.15, 0.2) is 5.78 Å². The van der Waals surface area contributed by atoms with Crippen LogP contribution in [0.4, 0.5) is 0 Å². The van der Waals surface area contributed by atoms with E-state index in [4.69, 9.17) is 0 Å². The van der Waals surface area contributed by atoms with Gasteiger partial charge >= 0.3 is 0 Å². The van der Waals surface area contributed by atoms with E-state index in [1.807, 2.05) is 6.92 Å². The first kappa shape index (κ1) is 8.25. The van der Waals surface area contributed by atoms with Gasteiger partial charge in [0.05, 0.1) is 0 Å². The summed E-state index contributed by atoms with van der Waals surface area (Å²) < 4.78 is 0. The van der Waals surface area contributed by atoms with E-state index >= 15 is 0 Å². The van der Waals surface area contributed by atoms with Crippen LogP contribution in [0.2, 0.25) is 0 Å². The maximum Gasteiger partial charge on any atom is 0.156 e. The van der Waals surface area contributed by atoms with Crippen molar-refractivity contribution in [2.75, 3.05) is 0 Å². The van der Waals surface area contributed by atoms with Crippen molar-refractivity contribution in [1.82, 2.24) is 0 Å². The van der Waals surface area contributed by atoms with Crippen molar-refractivity contribution < 1.29 is 4.79 Å². The molecule has 0 aromatic rings. The number of allylic oxidation sites excluding steroid dienone is 3. The van der Waals surface area contributed by atoms with Gasteiger partial charge in [-0.3, -0.25) is 4.79 Å². The lowest BCUT2D eigenvalue weighted by atomic mass is 9.83. The fraction of sp³-hybridized carbons (Fsp3) is 0.500. The highest BCUT2D eigenvalue weighted by atomic mass is 16.1. The molecule has 0 aromatic heterocycles. The molecule has 0 radical (unpaired) electrons. The second kappa shape index (κ2) is 2.33. The molecule has 0 unspecified atom stereocenters. The quantitative estimate of drug-likeness (QED) is 0.561. The summed E-state index contributed by atoms with van der Waals surface area (Å²) in [4.78, 5) is 11.1. The SMILES string of the molecule is C=C(C)C1=CC(=O)CC1(C)C. The summed E-state index contributed by atoms with van der Waals surface area (Å²) >= 11 is 0. The largest absolute Gasteiger partial charge is 0.295 e. The van der Waals surface area contributed by atoms with Crippen molar-refractivity contribution in [2.24, 2.45) is 5.41 Å². The molecule has 0 amide bonds. The minimum Gasteiger partial charge on any atom is -0.295 e. The number of carbonyl (C=O) groups is 1. The zero-order valence-electron chi connectivity index (χ0n) is 7.40. The third-order valence-corrected chi connectivity index (χ3v) is 2.11. The summed E-state index contributed by atoms with van der Waals surface area (Å²) in [6, 6.07) is 0. The van der Waals surface area contributed by atoms with Gasteiger partial charge in [-0.15, -0.1) is 0 Å². The van der Waals surface area contributed by atoms with E-state index in [1.165, 1.54) is 0 Å². The van der Waals surface area contributed by atoms with Crippen molar-refractivity contribution in [2.45, 2.75) is 27.2 Å². The van der Waals surface area contributed by atoms with Crippen LogP contribution in [0.3, 0.4) is 0 Å². The molecule has 0 heterocycles. The van der Waals surface area contributed by atoms with E-state index in [2.05, 4.69) is 20.4 Å². The van der Waals surface area contributed by atoms with Crippen molar-refractivity contribution >= 4 is 5.78 Å². The van der Waals surface area contributed by atoms with Crippen molar-refractivity contribution in [1.29, 1.82) is 0 Å². The van der Waals surface area contributed by atoms with Crippen molar-refractivity contribution in [3.63, 3.8) is 0 Å². The normalized spacial score (nSPS) is 21.7. The first-order valence-corrected chi connectivity index (χ1v) is 3.84. The lowest BCUT2D eigenvalue weighted by Crippen LogP contribution is -2.11. The molecule has 0 fully saturated rings. The fourth-order valence-corrected chi connectivity index (χ4v) is 1.64. The monoisotopic (exact) mass is 150 g/mol. The minimum atomic E-state index is 0.0168. The van der Waals surface area contributed by atoms with Gasteiger partial charge in [-0.1, -0.05) is 26.0 Å². The molecule has 0 N–H and O–H groups in total. The molecule has 0 bridgehead atoms. The van der Waals surface area contributed by atoms with Gasteiger partial charge in [0, 0.05) is 6.42 Å². The van der Waals surface area contributed by atoms with Crippen LogP contribution < -0.4 is 0 Å². The standard InChI is InChI=1S/C10H14O/c1-7(2)9-5-8(11)6-10(9,3)4/h5H,1,6H2,2-4H3. The molecular weight excluding hydrogens is 136 g/mol. The average molecular weight is 150 g/mol. The Morgan fingerprint density at radius 3 is 2.36 bits per heavy atom. The van der Waals surface area contributed by atoms with Crippen molar-refractivity contribution in [3.8, 4) is 0 Å². The van der Waals surface area contributed by atoms with E-state index in [1.54, 1.807) is 6.08 Å². The van der Waals surface area contributed by atoms with Crippen LogP contribution in [0.25, 0.3) is 0 Å². The molecule has 1 rings (SSSR count). The Bertz CT molecular complexity index is 244. The summed E-state index contributed by atoms with van der Waals surface area (Å²) in [7, 11) is 0. The molecule has 1 aliphatic rings. The lowest BCUT2D eigenvalue weighted by molar-refractivity contribution is -0.115. The van der Waals surface area contributed by atoms with Crippen LogP contribution in [0.5, 0.6) is 0 Å². The number of carbonyl (C=O) groups excluding carboxylic acids is 1. The van der Waals surface area contributed by atoms with E-state index in [0.29, 0.717) is 6.42 Å². The van der Waals surface area contributed by atoms with Crippen LogP contribution in [0.1, 0.15) is 27.2 Å². The molecule has 0 aliphatic heterocycles. The fourth-order valence-electron chi connectivity index (χ4n) is 1.64. The predicted molar refractivity (Wildman–Crippen MR) is 46.3 cm³/mol. The number of hydrogen-bond acceptors (Lipinski definition) is 1. The van der Waals surface area contributed by atoms with Crippen LogP contribution in [0.15, 0.2) is 23.8 Å². The number of ketones is 1. The zero-order chi connectivity index (χ0) is 8.65. The average Bonchev–Trinajstić information content (AvgIpc) is 2.04. The maximum absolute atomic E-state index is 11.1. The Hall–Kier alpha value is -0.850.